The average Bonchev–Trinajstić information content (AvgIpc) is 2.69. The summed E-state index contributed by atoms with van der Waals surface area (Å²) < 4.78 is 39.5. The zero-order valence-electron chi connectivity index (χ0n) is 14.3. The molecule has 0 fully saturated rings. The Morgan fingerprint density at radius 2 is 1.86 bits per heavy atom. The fraction of sp³-hybridized carbons (Fsp3) is 0.158. The van der Waals surface area contributed by atoms with Crippen LogP contribution in [0.4, 0.5) is 18.9 Å². The molecule has 3 rings (SSSR count). The van der Waals surface area contributed by atoms with Crippen molar-refractivity contribution in [3.05, 3.63) is 87.3 Å². The van der Waals surface area contributed by atoms with Crippen molar-refractivity contribution in [1.82, 2.24) is 9.78 Å². The summed E-state index contributed by atoms with van der Waals surface area (Å²) in [4.78, 5) is 12.5. The van der Waals surface area contributed by atoms with Crippen molar-refractivity contribution in [2.24, 2.45) is 0 Å². The highest BCUT2D eigenvalue weighted by molar-refractivity contribution is 6.33. The van der Waals surface area contributed by atoms with Gasteiger partial charge in [0.05, 0.1) is 35.8 Å². The Bertz CT molecular complexity index is 1020. The molecule has 0 saturated heterocycles. The smallest absolute Gasteiger partial charge is 0.394 e. The maximum Gasteiger partial charge on any atom is 0.416 e. The van der Waals surface area contributed by atoms with Crippen LogP contribution in [0.25, 0.3) is 5.69 Å². The number of nitrogens with zero attached hydrogens (tertiary/aromatic N) is 2. The van der Waals surface area contributed by atoms with E-state index in [2.05, 4.69) is 10.4 Å². The van der Waals surface area contributed by atoms with Crippen molar-refractivity contribution in [2.45, 2.75) is 12.2 Å². The van der Waals surface area contributed by atoms with Crippen molar-refractivity contribution in [2.75, 3.05) is 11.9 Å². The van der Waals surface area contributed by atoms with E-state index in [4.69, 9.17) is 11.6 Å². The molecule has 146 valence electrons. The fourth-order valence-corrected chi connectivity index (χ4v) is 2.82. The quantitative estimate of drug-likeness (QED) is 0.667. The Labute approximate surface area is 163 Å². The third-order valence-electron chi connectivity index (χ3n) is 4.05. The molecule has 0 aliphatic heterocycles. The normalized spacial score (nSPS) is 12.6. The number of aromatic nitrogens is 2. The van der Waals surface area contributed by atoms with Gasteiger partial charge in [-0.3, -0.25) is 4.79 Å². The zero-order valence-corrected chi connectivity index (χ0v) is 15.1. The summed E-state index contributed by atoms with van der Waals surface area (Å²) in [6.45, 7) is -0.267. The van der Waals surface area contributed by atoms with Crippen molar-refractivity contribution in [1.29, 1.82) is 0 Å². The molecule has 1 aromatic heterocycles. The molecule has 2 N–H and O–H groups in total. The van der Waals surface area contributed by atoms with E-state index < -0.39 is 23.3 Å². The summed E-state index contributed by atoms with van der Waals surface area (Å²) in [5.41, 5.74) is -0.812. The van der Waals surface area contributed by atoms with Crippen LogP contribution in [0.2, 0.25) is 5.02 Å². The second-order valence-corrected chi connectivity index (χ2v) is 6.31. The second kappa shape index (κ2) is 8.04. The number of hydrogen-bond donors (Lipinski definition) is 2. The lowest BCUT2D eigenvalue weighted by Gasteiger charge is -2.19. The summed E-state index contributed by atoms with van der Waals surface area (Å²) in [7, 11) is 0. The number of aliphatic hydroxyl groups is 1. The molecule has 5 nitrogen and oxygen atoms in total. The highest BCUT2D eigenvalue weighted by Gasteiger charge is 2.30. The predicted octanol–water partition coefficient (Wildman–Crippen LogP) is 4.05. The molecule has 0 aliphatic rings. The Kier molecular flexibility index (Phi) is 5.71. The lowest BCUT2D eigenvalue weighted by Crippen LogP contribution is -2.24. The van der Waals surface area contributed by atoms with Gasteiger partial charge in [-0.05, 0) is 23.8 Å². The molecule has 28 heavy (non-hydrogen) atoms. The summed E-state index contributed by atoms with van der Waals surface area (Å²) >= 11 is 6.13. The van der Waals surface area contributed by atoms with E-state index in [0.717, 1.165) is 22.4 Å². The van der Waals surface area contributed by atoms with Crippen LogP contribution in [0, 0.1) is 0 Å². The molecule has 0 amide bonds. The molecule has 2 aromatic carbocycles. The number of halogens is 4. The minimum atomic E-state index is -4.55. The highest BCUT2D eigenvalue weighted by atomic mass is 35.5. The average molecular weight is 410 g/mol. The van der Waals surface area contributed by atoms with Gasteiger partial charge in [-0.2, -0.15) is 23.0 Å². The van der Waals surface area contributed by atoms with Gasteiger partial charge in [0.1, 0.15) is 5.02 Å². The molecule has 0 radical (unpaired) electrons. The van der Waals surface area contributed by atoms with E-state index >= 15 is 0 Å². The first-order valence-corrected chi connectivity index (χ1v) is 8.57. The second-order valence-electron chi connectivity index (χ2n) is 5.93. The first-order valence-electron chi connectivity index (χ1n) is 8.19. The van der Waals surface area contributed by atoms with Crippen LogP contribution in [0.1, 0.15) is 17.2 Å². The van der Waals surface area contributed by atoms with Crippen LogP contribution in [0.5, 0.6) is 0 Å². The predicted molar refractivity (Wildman–Crippen MR) is 99.7 cm³/mol. The number of benzene rings is 2. The Balaban J connectivity index is 1.95. The van der Waals surface area contributed by atoms with Gasteiger partial charge < -0.3 is 10.4 Å². The fourth-order valence-electron chi connectivity index (χ4n) is 2.64. The Morgan fingerprint density at radius 1 is 1.14 bits per heavy atom. The van der Waals surface area contributed by atoms with Gasteiger partial charge in [0.25, 0.3) is 5.56 Å². The van der Waals surface area contributed by atoms with Crippen LogP contribution in [-0.4, -0.2) is 21.5 Å². The summed E-state index contributed by atoms with van der Waals surface area (Å²) in [6, 6.07) is 12.7. The number of nitrogens with one attached hydrogen (secondary N) is 1. The van der Waals surface area contributed by atoms with Gasteiger partial charge in [0.2, 0.25) is 0 Å². The van der Waals surface area contributed by atoms with E-state index in [9.17, 15) is 23.1 Å². The lowest BCUT2D eigenvalue weighted by atomic mass is 10.1. The van der Waals surface area contributed by atoms with Crippen molar-refractivity contribution < 1.29 is 18.3 Å². The van der Waals surface area contributed by atoms with Crippen LogP contribution in [-0.2, 0) is 6.18 Å². The zero-order chi connectivity index (χ0) is 20.3. The van der Waals surface area contributed by atoms with E-state index in [0.29, 0.717) is 0 Å². The van der Waals surface area contributed by atoms with Gasteiger partial charge in [0.15, 0.2) is 0 Å². The molecule has 0 spiro atoms. The number of alkyl halides is 3. The van der Waals surface area contributed by atoms with E-state index in [1.165, 1.54) is 18.3 Å². The Hall–Kier alpha value is -2.84. The minimum Gasteiger partial charge on any atom is -0.394 e. The number of anilines is 1. The van der Waals surface area contributed by atoms with Crippen molar-refractivity contribution in [3.63, 3.8) is 0 Å². The van der Waals surface area contributed by atoms with E-state index in [1.807, 2.05) is 6.07 Å². The Morgan fingerprint density at radius 3 is 2.50 bits per heavy atom. The molecule has 1 unspecified atom stereocenters. The molecular formula is C19H15ClF3N3O2. The maximum atomic E-state index is 12.9. The first-order chi connectivity index (χ1) is 13.3. The van der Waals surface area contributed by atoms with Crippen LogP contribution in [0.15, 0.2) is 65.6 Å². The van der Waals surface area contributed by atoms with Gasteiger partial charge in [-0.15, -0.1) is 0 Å². The lowest BCUT2D eigenvalue weighted by molar-refractivity contribution is -0.137. The highest BCUT2D eigenvalue weighted by Crippen LogP contribution is 2.30. The monoisotopic (exact) mass is 409 g/mol. The number of hydrogen-bond acceptors (Lipinski definition) is 4. The van der Waals surface area contributed by atoms with Crippen LogP contribution in [0.3, 0.4) is 0 Å². The molecule has 0 aliphatic carbocycles. The van der Waals surface area contributed by atoms with Crippen molar-refractivity contribution in [3.8, 4) is 5.69 Å². The van der Waals surface area contributed by atoms with E-state index in [1.54, 1.807) is 24.3 Å². The first kappa shape index (κ1) is 19.9. The standard InChI is InChI=1S/C19H15ClF3N3O2/c20-17-15(25-16(11-27)12-5-2-1-3-6-12)10-24-26(18(17)28)14-8-4-7-13(9-14)19(21,22)23/h1-10,16,25,27H,11H2. The maximum absolute atomic E-state index is 12.9. The molecule has 9 heteroatoms. The number of aliphatic hydroxyl groups excluding tert-OH is 1. The molecule has 0 saturated carbocycles. The van der Waals surface area contributed by atoms with Gasteiger partial charge in [0, 0.05) is 0 Å². The minimum absolute atomic E-state index is 0.0601. The van der Waals surface area contributed by atoms with Crippen LogP contribution >= 0.6 is 11.6 Å². The van der Waals surface area contributed by atoms with Crippen molar-refractivity contribution >= 4 is 17.3 Å². The van der Waals surface area contributed by atoms with Gasteiger partial charge >= 0.3 is 6.18 Å². The summed E-state index contributed by atoms with van der Waals surface area (Å²) in [6.07, 6.45) is -3.31. The SMILES string of the molecule is O=c1c(Cl)c(NC(CO)c2ccccc2)cnn1-c1cccc(C(F)(F)F)c1. The molecular weight excluding hydrogens is 395 g/mol. The summed E-state index contributed by atoms with van der Waals surface area (Å²) in [5, 5.41) is 16.2. The topological polar surface area (TPSA) is 67.2 Å². The van der Waals surface area contributed by atoms with E-state index in [-0.39, 0.29) is 23.0 Å². The van der Waals surface area contributed by atoms with Crippen LogP contribution < -0.4 is 10.9 Å². The molecule has 0 bridgehead atoms. The molecule has 1 atom stereocenters. The van der Waals surface area contributed by atoms with Gasteiger partial charge in [-0.1, -0.05) is 48.0 Å². The number of rotatable bonds is 5. The van der Waals surface area contributed by atoms with Gasteiger partial charge in [-0.25, -0.2) is 0 Å². The molecule has 1 heterocycles. The summed E-state index contributed by atoms with van der Waals surface area (Å²) in [5.74, 6) is 0. The molecule has 3 aromatic rings. The largest absolute Gasteiger partial charge is 0.416 e. The third kappa shape index (κ3) is 4.18. The third-order valence-corrected chi connectivity index (χ3v) is 4.42.